The quantitative estimate of drug-likeness (QED) is 0.781. The summed E-state index contributed by atoms with van der Waals surface area (Å²) >= 11 is 0. The third kappa shape index (κ3) is 2.68. The van der Waals surface area contributed by atoms with Crippen molar-refractivity contribution in [3.63, 3.8) is 0 Å². The van der Waals surface area contributed by atoms with Gasteiger partial charge < -0.3 is 9.88 Å². The van der Waals surface area contributed by atoms with Crippen LogP contribution in [0, 0.1) is 0 Å². The second-order valence-corrected chi connectivity index (χ2v) is 6.53. The zero-order valence-electron chi connectivity index (χ0n) is 13.6. The number of nitrogens with zero attached hydrogens (tertiary/aromatic N) is 2. The Balaban J connectivity index is 1.43. The maximum absolute atomic E-state index is 12.5. The van der Waals surface area contributed by atoms with Crippen LogP contribution in [0.25, 0.3) is 11.0 Å². The summed E-state index contributed by atoms with van der Waals surface area (Å²) in [4.78, 5) is 16.9. The number of rotatable bonds is 5. The van der Waals surface area contributed by atoms with E-state index in [4.69, 9.17) is 0 Å². The Morgan fingerprint density at radius 2 is 1.83 bits per heavy atom. The van der Waals surface area contributed by atoms with Gasteiger partial charge in [0.05, 0.1) is 22.9 Å². The Kier molecular flexibility index (Phi) is 3.81. The number of amides is 1. The number of carbonyl (C=O) groups excluding carboxylic acids is 1. The summed E-state index contributed by atoms with van der Waals surface area (Å²) in [5.41, 5.74) is 3.11. The van der Waals surface area contributed by atoms with E-state index in [1.165, 1.54) is 12.0 Å². The van der Waals surface area contributed by atoms with Gasteiger partial charge in [0.2, 0.25) is 5.91 Å². The van der Waals surface area contributed by atoms with E-state index in [1.54, 1.807) is 0 Å². The first-order valence-corrected chi connectivity index (χ1v) is 8.53. The summed E-state index contributed by atoms with van der Waals surface area (Å²) in [5, 5.41) is 3.28. The summed E-state index contributed by atoms with van der Waals surface area (Å²) in [6.45, 7) is 0.650. The van der Waals surface area contributed by atoms with Crippen molar-refractivity contribution >= 4 is 16.9 Å². The lowest BCUT2D eigenvalue weighted by Gasteiger charge is -2.43. The van der Waals surface area contributed by atoms with Crippen molar-refractivity contribution in [3.05, 3.63) is 66.5 Å². The Morgan fingerprint density at radius 1 is 1.08 bits per heavy atom. The maximum Gasteiger partial charge on any atom is 0.222 e. The number of imidazole rings is 1. The molecule has 4 nitrogen and oxygen atoms in total. The Morgan fingerprint density at radius 3 is 2.58 bits per heavy atom. The van der Waals surface area contributed by atoms with Crippen molar-refractivity contribution in [3.8, 4) is 0 Å². The van der Waals surface area contributed by atoms with Crippen molar-refractivity contribution in [1.82, 2.24) is 14.9 Å². The van der Waals surface area contributed by atoms with Crippen LogP contribution in [-0.4, -0.2) is 15.5 Å². The second kappa shape index (κ2) is 6.11. The van der Waals surface area contributed by atoms with Crippen molar-refractivity contribution in [2.24, 2.45) is 0 Å². The maximum atomic E-state index is 12.5. The van der Waals surface area contributed by atoms with Crippen LogP contribution in [0.4, 0.5) is 0 Å². The van der Waals surface area contributed by atoms with E-state index in [1.807, 2.05) is 53.4 Å². The lowest BCUT2D eigenvalue weighted by Crippen LogP contribution is -2.50. The standard InChI is InChI=1S/C20H21N3O/c24-19(11-14-23-15-21-17-9-4-5-10-18(17)23)22-20(12-6-13-20)16-7-2-1-3-8-16/h1-5,7-10,15H,6,11-14H2,(H,22,24). The van der Waals surface area contributed by atoms with E-state index in [2.05, 4.69) is 22.4 Å². The largest absolute Gasteiger partial charge is 0.347 e. The molecule has 0 aliphatic heterocycles. The number of aryl methyl sites for hydroxylation is 1. The molecular formula is C20H21N3O. The molecule has 122 valence electrons. The van der Waals surface area contributed by atoms with Gasteiger partial charge in [0.15, 0.2) is 0 Å². The van der Waals surface area contributed by atoms with Gasteiger partial charge in [0.1, 0.15) is 0 Å². The number of para-hydroxylation sites is 2. The average molecular weight is 319 g/mol. The third-order valence-electron chi connectivity index (χ3n) is 5.02. The molecule has 1 amide bonds. The average Bonchev–Trinajstić information content (AvgIpc) is 3.00. The first kappa shape index (κ1) is 14.9. The normalized spacial score (nSPS) is 15.8. The fraction of sp³-hybridized carbons (Fsp3) is 0.300. The Bertz CT molecular complexity index is 849. The molecule has 0 unspecified atom stereocenters. The van der Waals surface area contributed by atoms with Crippen LogP contribution in [-0.2, 0) is 16.9 Å². The molecule has 4 heteroatoms. The van der Waals surface area contributed by atoms with Gasteiger partial charge in [0, 0.05) is 13.0 Å². The lowest BCUT2D eigenvalue weighted by atomic mass is 9.71. The molecule has 1 aromatic heterocycles. The number of benzene rings is 2. The van der Waals surface area contributed by atoms with Gasteiger partial charge in [-0.15, -0.1) is 0 Å². The molecule has 0 spiro atoms. The van der Waals surface area contributed by atoms with E-state index in [9.17, 15) is 4.79 Å². The summed E-state index contributed by atoms with van der Waals surface area (Å²) in [5.74, 6) is 0.108. The molecule has 0 bridgehead atoms. The number of aromatic nitrogens is 2. The minimum absolute atomic E-state index is 0.108. The van der Waals surface area contributed by atoms with Crippen LogP contribution in [0.15, 0.2) is 60.9 Å². The lowest BCUT2D eigenvalue weighted by molar-refractivity contribution is -0.124. The molecule has 0 atom stereocenters. The predicted molar refractivity (Wildman–Crippen MR) is 94.5 cm³/mol. The molecule has 0 saturated heterocycles. The van der Waals surface area contributed by atoms with E-state index < -0.39 is 0 Å². The van der Waals surface area contributed by atoms with Crippen molar-refractivity contribution in [1.29, 1.82) is 0 Å². The van der Waals surface area contributed by atoms with Crippen LogP contribution >= 0.6 is 0 Å². The Hall–Kier alpha value is -2.62. The Labute approximate surface area is 141 Å². The fourth-order valence-corrected chi connectivity index (χ4v) is 3.51. The van der Waals surface area contributed by atoms with Crippen LogP contribution in [0.2, 0.25) is 0 Å². The van der Waals surface area contributed by atoms with Gasteiger partial charge >= 0.3 is 0 Å². The molecule has 1 N–H and O–H groups in total. The smallest absolute Gasteiger partial charge is 0.222 e. The highest BCUT2D eigenvalue weighted by molar-refractivity contribution is 5.78. The van der Waals surface area contributed by atoms with E-state index in [0.717, 1.165) is 23.9 Å². The molecule has 4 rings (SSSR count). The molecule has 3 aromatic rings. The van der Waals surface area contributed by atoms with Crippen LogP contribution in [0.5, 0.6) is 0 Å². The van der Waals surface area contributed by atoms with E-state index in [-0.39, 0.29) is 11.4 Å². The topological polar surface area (TPSA) is 46.9 Å². The first-order valence-electron chi connectivity index (χ1n) is 8.53. The number of hydrogen-bond donors (Lipinski definition) is 1. The number of carbonyl (C=O) groups is 1. The summed E-state index contributed by atoms with van der Waals surface area (Å²) in [7, 11) is 0. The first-order chi connectivity index (χ1) is 11.8. The minimum atomic E-state index is -0.157. The molecule has 0 radical (unpaired) electrons. The van der Waals surface area contributed by atoms with Crippen molar-refractivity contribution in [2.75, 3.05) is 0 Å². The fourth-order valence-electron chi connectivity index (χ4n) is 3.51. The molecule has 1 aliphatic rings. The van der Waals surface area contributed by atoms with Gasteiger partial charge in [-0.2, -0.15) is 0 Å². The van der Waals surface area contributed by atoms with Gasteiger partial charge in [-0.25, -0.2) is 4.98 Å². The van der Waals surface area contributed by atoms with E-state index >= 15 is 0 Å². The molecule has 24 heavy (non-hydrogen) atoms. The number of nitrogens with one attached hydrogen (secondary N) is 1. The van der Waals surface area contributed by atoms with Crippen LogP contribution in [0.1, 0.15) is 31.2 Å². The van der Waals surface area contributed by atoms with Crippen LogP contribution < -0.4 is 5.32 Å². The summed E-state index contributed by atoms with van der Waals surface area (Å²) in [6, 6.07) is 18.3. The van der Waals surface area contributed by atoms with Gasteiger partial charge in [-0.05, 0) is 37.0 Å². The molecule has 1 fully saturated rings. The second-order valence-electron chi connectivity index (χ2n) is 6.53. The highest BCUT2D eigenvalue weighted by atomic mass is 16.1. The SMILES string of the molecule is O=C(CCn1cnc2ccccc21)NC1(c2ccccc2)CCC1. The van der Waals surface area contributed by atoms with Crippen molar-refractivity contribution < 1.29 is 4.79 Å². The third-order valence-corrected chi connectivity index (χ3v) is 5.02. The van der Waals surface area contributed by atoms with Crippen molar-refractivity contribution in [2.45, 2.75) is 37.8 Å². The van der Waals surface area contributed by atoms with Gasteiger partial charge in [-0.1, -0.05) is 42.5 Å². The van der Waals surface area contributed by atoms with Crippen LogP contribution in [0.3, 0.4) is 0 Å². The molecule has 1 saturated carbocycles. The zero-order chi connectivity index (χ0) is 16.4. The molecular weight excluding hydrogens is 298 g/mol. The summed E-state index contributed by atoms with van der Waals surface area (Å²) in [6.07, 6.45) is 5.50. The van der Waals surface area contributed by atoms with Gasteiger partial charge in [0.25, 0.3) is 0 Å². The van der Waals surface area contributed by atoms with E-state index in [0.29, 0.717) is 13.0 Å². The number of hydrogen-bond acceptors (Lipinski definition) is 2. The molecule has 1 aliphatic carbocycles. The highest BCUT2D eigenvalue weighted by Gasteiger charge is 2.39. The molecule has 2 aromatic carbocycles. The summed E-state index contributed by atoms with van der Waals surface area (Å²) < 4.78 is 2.05. The number of fused-ring (bicyclic) bond motifs is 1. The van der Waals surface area contributed by atoms with Gasteiger partial charge in [-0.3, -0.25) is 4.79 Å². The highest BCUT2D eigenvalue weighted by Crippen LogP contribution is 2.41. The monoisotopic (exact) mass is 319 g/mol. The zero-order valence-corrected chi connectivity index (χ0v) is 13.6. The minimum Gasteiger partial charge on any atom is -0.347 e. The molecule has 1 heterocycles. The predicted octanol–water partition coefficient (Wildman–Crippen LogP) is 3.62.